The zero-order chi connectivity index (χ0) is 15.3. The Kier molecular flexibility index (Phi) is 2.86. The van der Waals surface area contributed by atoms with Gasteiger partial charge in [0.1, 0.15) is 18.0 Å². The van der Waals surface area contributed by atoms with E-state index in [0.29, 0.717) is 22.8 Å². The van der Waals surface area contributed by atoms with Crippen LogP contribution in [0.15, 0.2) is 18.5 Å². The van der Waals surface area contributed by atoms with Gasteiger partial charge in [-0.15, -0.1) is 0 Å². The summed E-state index contributed by atoms with van der Waals surface area (Å²) in [5.74, 6) is -3.04. The van der Waals surface area contributed by atoms with Crippen molar-refractivity contribution >= 4 is 16.9 Å². The van der Waals surface area contributed by atoms with Crippen molar-refractivity contribution in [3.63, 3.8) is 0 Å². The van der Waals surface area contributed by atoms with Crippen molar-refractivity contribution in [2.24, 2.45) is 0 Å². The molecule has 3 aromatic rings. The van der Waals surface area contributed by atoms with Crippen LogP contribution in [-0.4, -0.2) is 14.5 Å². The summed E-state index contributed by atoms with van der Waals surface area (Å²) in [4.78, 5) is 7.95. The van der Waals surface area contributed by atoms with Gasteiger partial charge < -0.3 is 5.73 Å². The SMILES string of the molecule is Cc1c(C)n(-c2cc(F)cc(F)c2F)c2ncnc(N)c12. The van der Waals surface area contributed by atoms with Gasteiger partial charge in [-0.3, -0.25) is 4.57 Å². The van der Waals surface area contributed by atoms with Gasteiger partial charge in [0, 0.05) is 17.8 Å². The number of anilines is 1. The Hall–Kier alpha value is -2.57. The van der Waals surface area contributed by atoms with Gasteiger partial charge in [0.05, 0.1) is 11.1 Å². The number of halogens is 3. The lowest BCUT2D eigenvalue weighted by atomic mass is 10.2. The summed E-state index contributed by atoms with van der Waals surface area (Å²) in [6, 6.07) is 1.42. The summed E-state index contributed by atoms with van der Waals surface area (Å²) in [7, 11) is 0. The standard InChI is InChI=1S/C14H11F3N4/c1-6-7(2)21(14-11(6)13(18)19-5-20-14)10-4-8(15)3-9(16)12(10)17/h3-5H,1-2H3,(H2,18,19,20). The minimum atomic E-state index is -1.26. The highest BCUT2D eigenvalue weighted by Gasteiger charge is 2.20. The van der Waals surface area contributed by atoms with Gasteiger partial charge in [-0.05, 0) is 19.4 Å². The van der Waals surface area contributed by atoms with Crippen LogP contribution < -0.4 is 5.73 Å². The summed E-state index contributed by atoms with van der Waals surface area (Å²) >= 11 is 0. The molecule has 108 valence electrons. The lowest BCUT2D eigenvalue weighted by Crippen LogP contribution is -2.04. The Labute approximate surface area is 118 Å². The van der Waals surface area contributed by atoms with Crippen LogP contribution in [0.2, 0.25) is 0 Å². The van der Waals surface area contributed by atoms with Crippen molar-refractivity contribution in [1.82, 2.24) is 14.5 Å². The summed E-state index contributed by atoms with van der Waals surface area (Å²) < 4.78 is 42.3. The summed E-state index contributed by atoms with van der Waals surface area (Å²) in [5.41, 5.74) is 7.18. The molecule has 4 nitrogen and oxygen atoms in total. The second-order valence-corrected chi connectivity index (χ2v) is 4.72. The fraction of sp³-hybridized carbons (Fsp3) is 0.143. The number of rotatable bonds is 1. The molecule has 0 aliphatic carbocycles. The summed E-state index contributed by atoms with van der Waals surface area (Å²) in [5, 5.41) is 0.541. The number of benzene rings is 1. The third-order valence-electron chi connectivity index (χ3n) is 3.54. The molecule has 2 N–H and O–H groups in total. The first-order chi connectivity index (χ1) is 9.91. The fourth-order valence-corrected chi connectivity index (χ4v) is 2.43. The molecule has 0 bridgehead atoms. The summed E-state index contributed by atoms with van der Waals surface area (Å²) in [6.45, 7) is 3.46. The first-order valence-corrected chi connectivity index (χ1v) is 6.14. The lowest BCUT2D eigenvalue weighted by Gasteiger charge is -2.10. The quantitative estimate of drug-likeness (QED) is 0.701. The minimum Gasteiger partial charge on any atom is -0.383 e. The number of nitrogens with zero attached hydrogens (tertiary/aromatic N) is 3. The van der Waals surface area contributed by atoms with Gasteiger partial charge in [0.25, 0.3) is 0 Å². The monoisotopic (exact) mass is 292 g/mol. The molecule has 0 unspecified atom stereocenters. The molecule has 0 spiro atoms. The maximum absolute atomic E-state index is 14.0. The van der Waals surface area contributed by atoms with Gasteiger partial charge in [0.15, 0.2) is 17.3 Å². The normalized spacial score (nSPS) is 11.3. The van der Waals surface area contributed by atoms with E-state index in [-0.39, 0.29) is 11.5 Å². The number of aromatic nitrogens is 3. The Morgan fingerprint density at radius 1 is 1.10 bits per heavy atom. The Bertz CT molecular complexity index is 871. The topological polar surface area (TPSA) is 56.7 Å². The highest BCUT2D eigenvalue weighted by atomic mass is 19.2. The molecule has 7 heteroatoms. The molecule has 0 aliphatic heterocycles. The fourth-order valence-electron chi connectivity index (χ4n) is 2.43. The van der Waals surface area contributed by atoms with Crippen LogP contribution in [0.3, 0.4) is 0 Å². The van der Waals surface area contributed by atoms with Crippen LogP contribution in [-0.2, 0) is 0 Å². The smallest absolute Gasteiger partial charge is 0.183 e. The molecule has 0 aliphatic rings. The zero-order valence-electron chi connectivity index (χ0n) is 11.3. The van der Waals surface area contributed by atoms with Gasteiger partial charge >= 0.3 is 0 Å². The second kappa shape index (κ2) is 4.47. The van der Waals surface area contributed by atoms with Gasteiger partial charge in [-0.2, -0.15) is 0 Å². The third-order valence-corrected chi connectivity index (χ3v) is 3.54. The van der Waals surface area contributed by atoms with E-state index in [2.05, 4.69) is 9.97 Å². The Morgan fingerprint density at radius 2 is 1.81 bits per heavy atom. The van der Waals surface area contributed by atoms with Crippen molar-refractivity contribution < 1.29 is 13.2 Å². The lowest BCUT2D eigenvalue weighted by molar-refractivity contribution is 0.490. The van der Waals surface area contributed by atoms with Crippen molar-refractivity contribution in [1.29, 1.82) is 0 Å². The third kappa shape index (κ3) is 1.84. The van der Waals surface area contributed by atoms with Crippen LogP contribution in [0.1, 0.15) is 11.3 Å². The van der Waals surface area contributed by atoms with E-state index in [1.54, 1.807) is 13.8 Å². The minimum absolute atomic E-state index is 0.233. The molecule has 3 rings (SSSR count). The largest absolute Gasteiger partial charge is 0.383 e. The van der Waals surface area contributed by atoms with Crippen molar-refractivity contribution in [3.05, 3.63) is 47.2 Å². The molecule has 0 fully saturated rings. The van der Waals surface area contributed by atoms with Crippen LogP contribution in [0.5, 0.6) is 0 Å². The van der Waals surface area contributed by atoms with E-state index in [1.807, 2.05) is 0 Å². The number of aryl methyl sites for hydroxylation is 1. The average Bonchev–Trinajstić information content (AvgIpc) is 2.68. The number of nitrogens with two attached hydrogens (primary N) is 1. The maximum Gasteiger partial charge on any atom is 0.183 e. The predicted molar refractivity (Wildman–Crippen MR) is 72.6 cm³/mol. The average molecular weight is 292 g/mol. The second-order valence-electron chi connectivity index (χ2n) is 4.72. The van der Waals surface area contributed by atoms with E-state index in [9.17, 15) is 13.2 Å². The Morgan fingerprint density at radius 3 is 2.52 bits per heavy atom. The van der Waals surface area contributed by atoms with E-state index in [0.717, 1.165) is 11.6 Å². The molecule has 2 aromatic heterocycles. The first-order valence-electron chi connectivity index (χ1n) is 6.14. The zero-order valence-corrected chi connectivity index (χ0v) is 11.3. The molecule has 0 saturated carbocycles. The van der Waals surface area contributed by atoms with Crippen molar-refractivity contribution in [3.8, 4) is 5.69 Å². The number of nitrogen functional groups attached to an aromatic ring is 1. The van der Waals surface area contributed by atoms with E-state index in [1.165, 1.54) is 10.9 Å². The number of fused-ring (bicyclic) bond motifs is 1. The molecule has 2 heterocycles. The van der Waals surface area contributed by atoms with Crippen LogP contribution in [0, 0.1) is 31.3 Å². The van der Waals surface area contributed by atoms with Crippen LogP contribution in [0.4, 0.5) is 19.0 Å². The number of hydrogen-bond acceptors (Lipinski definition) is 3. The van der Waals surface area contributed by atoms with Crippen LogP contribution in [0.25, 0.3) is 16.7 Å². The first kappa shape index (κ1) is 13.4. The molecule has 0 atom stereocenters. The van der Waals surface area contributed by atoms with E-state index >= 15 is 0 Å². The van der Waals surface area contributed by atoms with Crippen LogP contribution >= 0.6 is 0 Å². The summed E-state index contributed by atoms with van der Waals surface area (Å²) in [6.07, 6.45) is 1.22. The predicted octanol–water partition coefficient (Wildman–Crippen LogP) is 3.04. The molecule has 21 heavy (non-hydrogen) atoms. The Balaban J connectivity index is 2.47. The molecular weight excluding hydrogens is 281 g/mol. The molecule has 0 saturated heterocycles. The van der Waals surface area contributed by atoms with Gasteiger partial charge in [0.2, 0.25) is 0 Å². The van der Waals surface area contributed by atoms with Crippen molar-refractivity contribution in [2.45, 2.75) is 13.8 Å². The van der Waals surface area contributed by atoms with Gasteiger partial charge in [-0.1, -0.05) is 0 Å². The van der Waals surface area contributed by atoms with E-state index < -0.39 is 17.5 Å². The van der Waals surface area contributed by atoms with Crippen molar-refractivity contribution in [2.75, 3.05) is 5.73 Å². The molecule has 0 amide bonds. The molecule has 0 radical (unpaired) electrons. The number of hydrogen-bond donors (Lipinski definition) is 1. The van der Waals surface area contributed by atoms with Gasteiger partial charge in [-0.25, -0.2) is 23.1 Å². The highest BCUT2D eigenvalue weighted by molar-refractivity contribution is 5.92. The maximum atomic E-state index is 14.0. The molecule has 1 aromatic carbocycles. The van der Waals surface area contributed by atoms with E-state index in [4.69, 9.17) is 5.73 Å². The highest BCUT2D eigenvalue weighted by Crippen LogP contribution is 2.31. The molecular formula is C14H11F3N4.